The second-order valence-electron chi connectivity index (χ2n) is 1.42. The van der Waals surface area contributed by atoms with Gasteiger partial charge in [0.1, 0.15) is 4.34 Å². The highest BCUT2D eigenvalue weighted by Gasteiger charge is 2.06. The molecule has 1 heterocycles. The van der Waals surface area contributed by atoms with Crippen LogP contribution in [0.3, 0.4) is 0 Å². The summed E-state index contributed by atoms with van der Waals surface area (Å²) in [6.45, 7) is 0. The highest BCUT2D eigenvalue weighted by molar-refractivity contribution is 9.10. The van der Waals surface area contributed by atoms with E-state index in [1.165, 1.54) is 16.7 Å². The van der Waals surface area contributed by atoms with E-state index in [1.54, 1.807) is 0 Å². The molecular weight excluding hydrogens is 260 g/mol. The van der Waals surface area contributed by atoms with Crippen LogP contribution in [0.1, 0.15) is 0 Å². The van der Waals surface area contributed by atoms with Crippen LogP contribution in [0, 0.1) is 0 Å². The third kappa shape index (κ3) is 1.60. The standard InChI is InChI=1S/C4H2BrClO2S2/c5-3-2(10(7)8)1-9-4(3)6/h1H,(H,7,8)/p-1. The molecule has 0 fully saturated rings. The predicted octanol–water partition coefficient (Wildman–Crippen LogP) is 2.40. The maximum atomic E-state index is 10.4. The van der Waals surface area contributed by atoms with Crippen LogP contribution >= 0.6 is 38.9 Å². The number of hydrogen-bond acceptors (Lipinski definition) is 3. The Morgan fingerprint density at radius 3 is 2.60 bits per heavy atom. The molecule has 0 bridgehead atoms. The SMILES string of the molecule is O=S([O-])c1csc(Cl)c1Br. The largest absolute Gasteiger partial charge is 0.768 e. The van der Waals surface area contributed by atoms with Gasteiger partial charge in [0.2, 0.25) is 0 Å². The summed E-state index contributed by atoms with van der Waals surface area (Å²) in [6, 6.07) is 0. The van der Waals surface area contributed by atoms with Crippen LogP contribution in [-0.2, 0) is 11.1 Å². The Balaban J connectivity index is 3.17. The Morgan fingerprint density at radius 2 is 2.40 bits per heavy atom. The fourth-order valence-electron chi connectivity index (χ4n) is 0.418. The van der Waals surface area contributed by atoms with Gasteiger partial charge in [-0.05, 0) is 27.0 Å². The highest BCUT2D eigenvalue weighted by Crippen LogP contribution is 2.34. The lowest BCUT2D eigenvalue weighted by molar-refractivity contribution is 0.537. The zero-order valence-corrected chi connectivity index (χ0v) is 8.44. The van der Waals surface area contributed by atoms with Gasteiger partial charge < -0.3 is 4.55 Å². The average Bonchev–Trinajstić information content (AvgIpc) is 2.14. The lowest BCUT2D eigenvalue weighted by Crippen LogP contribution is -1.84. The molecule has 0 radical (unpaired) electrons. The molecule has 0 aliphatic heterocycles. The molecule has 56 valence electrons. The fraction of sp³-hybridized carbons (Fsp3) is 0. The van der Waals surface area contributed by atoms with Crippen molar-refractivity contribution in [3.8, 4) is 0 Å². The van der Waals surface area contributed by atoms with Gasteiger partial charge in [-0.15, -0.1) is 11.3 Å². The molecule has 0 aromatic carbocycles. The van der Waals surface area contributed by atoms with Crippen molar-refractivity contribution >= 4 is 49.9 Å². The zero-order valence-electron chi connectivity index (χ0n) is 4.47. The van der Waals surface area contributed by atoms with Crippen molar-refractivity contribution in [2.24, 2.45) is 0 Å². The van der Waals surface area contributed by atoms with E-state index in [0.717, 1.165) is 0 Å². The molecule has 0 N–H and O–H groups in total. The number of rotatable bonds is 1. The molecule has 10 heavy (non-hydrogen) atoms. The summed E-state index contributed by atoms with van der Waals surface area (Å²) in [5.41, 5.74) is 0. The molecule has 1 atom stereocenters. The van der Waals surface area contributed by atoms with Crippen LogP contribution in [0.5, 0.6) is 0 Å². The van der Waals surface area contributed by atoms with E-state index < -0.39 is 11.1 Å². The van der Waals surface area contributed by atoms with Gasteiger partial charge >= 0.3 is 0 Å². The maximum Gasteiger partial charge on any atom is 0.108 e. The monoisotopic (exact) mass is 259 g/mol. The summed E-state index contributed by atoms with van der Waals surface area (Å²) >= 11 is 7.60. The lowest BCUT2D eigenvalue weighted by Gasteiger charge is -2.00. The van der Waals surface area contributed by atoms with E-state index in [2.05, 4.69) is 15.9 Å². The number of halogens is 2. The first kappa shape index (κ1) is 8.67. The first-order valence-corrected chi connectivity index (χ1v) is 5.27. The van der Waals surface area contributed by atoms with Crippen molar-refractivity contribution in [3.63, 3.8) is 0 Å². The molecule has 0 aliphatic carbocycles. The first-order valence-electron chi connectivity index (χ1n) is 2.14. The van der Waals surface area contributed by atoms with Gasteiger partial charge in [0, 0.05) is 5.38 Å². The Morgan fingerprint density at radius 1 is 1.80 bits per heavy atom. The topological polar surface area (TPSA) is 40.1 Å². The van der Waals surface area contributed by atoms with Crippen LogP contribution in [0.15, 0.2) is 14.7 Å². The Hall–Kier alpha value is 0.580. The van der Waals surface area contributed by atoms with Crippen LogP contribution < -0.4 is 0 Å². The van der Waals surface area contributed by atoms with Crippen LogP contribution in [0.2, 0.25) is 4.34 Å². The van der Waals surface area contributed by atoms with Crippen LogP contribution in [0.4, 0.5) is 0 Å². The smallest absolute Gasteiger partial charge is 0.108 e. The van der Waals surface area contributed by atoms with Crippen LogP contribution in [-0.4, -0.2) is 8.76 Å². The molecule has 0 saturated heterocycles. The van der Waals surface area contributed by atoms with Crippen LogP contribution in [0.25, 0.3) is 0 Å². The zero-order chi connectivity index (χ0) is 7.72. The second kappa shape index (κ2) is 3.32. The van der Waals surface area contributed by atoms with E-state index in [0.29, 0.717) is 8.81 Å². The highest BCUT2D eigenvalue weighted by atomic mass is 79.9. The normalized spacial score (nSPS) is 13.5. The molecule has 0 spiro atoms. The second-order valence-corrected chi connectivity index (χ2v) is 4.61. The van der Waals surface area contributed by atoms with E-state index in [4.69, 9.17) is 11.6 Å². The molecular formula is C4HBrClO2S2-. The third-order valence-electron chi connectivity index (χ3n) is 0.838. The number of hydrogen-bond donors (Lipinski definition) is 0. The van der Waals surface area contributed by atoms with Gasteiger partial charge in [-0.2, -0.15) is 0 Å². The molecule has 6 heteroatoms. The molecule has 1 aromatic heterocycles. The summed E-state index contributed by atoms with van der Waals surface area (Å²) in [5, 5.41) is 1.48. The molecule has 0 amide bonds. The average molecular weight is 261 g/mol. The van der Waals surface area contributed by atoms with Gasteiger partial charge in [-0.3, -0.25) is 4.21 Å². The Labute approximate surface area is 77.6 Å². The van der Waals surface area contributed by atoms with Gasteiger partial charge in [-0.1, -0.05) is 11.6 Å². The van der Waals surface area contributed by atoms with Gasteiger partial charge in [-0.25, -0.2) is 0 Å². The summed E-state index contributed by atoms with van der Waals surface area (Å²) in [6.07, 6.45) is 0. The fourth-order valence-corrected chi connectivity index (χ4v) is 2.97. The summed E-state index contributed by atoms with van der Waals surface area (Å²) < 4.78 is 21.6. The lowest BCUT2D eigenvalue weighted by atomic mass is 10.7. The Kier molecular flexibility index (Phi) is 2.88. The number of thiophene rings is 1. The minimum Gasteiger partial charge on any atom is -0.768 e. The third-order valence-corrected chi connectivity index (χ3v) is 4.47. The van der Waals surface area contributed by atoms with Gasteiger partial charge in [0.25, 0.3) is 0 Å². The van der Waals surface area contributed by atoms with E-state index in [1.807, 2.05) is 0 Å². The molecule has 1 rings (SSSR count). The van der Waals surface area contributed by atoms with Crippen molar-refractivity contribution in [1.82, 2.24) is 0 Å². The van der Waals surface area contributed by atoms with Crippen molar-refractivity contribution in [2.45, 2.75) is 4.90 Å². The predicted molar refractivity (Wildman–Crippen MR) is 44.2 cm³/mol. The Bertz CT molecular complexity index is 272. The molecule has 1 unspecified atom stereocenters. The molecule has 1 aromatic rings. The summed E-state index contributed by atoms with van der Waals surface area (Å²) in [4.78, 5) is 0.218. The van der Waals surface area contributed by atoms with Crippen molar-refractivity contribution < 1.29 is 8.76 Å². The maximum absolute atomic E-state index is 10.4. The van der Waals surface area contributed by atoms with E-state index >= 15 is 0 Å². The van der Waals surface area contributed by atoms with Crippen molar-refractivity contribution in [2.75, 3.05) is 0 Å². The summed E-state index contributed by atoms with van der Waals surface area (Å²) in [5.74, 6) is 0. The van der Waals surface area contributed by atoms with E-state index in [9.17, 15) is 8.76 Å². The minimum absolute atomic E-state index is 0.218. The molecule has 2 nitrogen and oxygen atoms in total. The molecule has 0 saturated carbocycles. The van der Waals surface area contributed by atoms with Crippen molar-refractivity contribution in [3.05, 3.63) is 14.2 Å². The minimum atomic E-state index is -2.19. The molecule has 0 aliphatic rings. The van der Waals surface area contributed by atoms with Gasteiger partial charge in [0.15, 0.2) is 0 Å². The summed E-state index contributed by atoms with van der Waals surface area (Å²) in [7, 11) is 0. The van der Waals surface area contributed by atoms with Crippen molar-refractivity contribution in [1.29, 1.82) is 0 Å². The van der Waals surface area contributed by atoms with E-state index in [-0.39, 0.29) is 4.90 Å². The van der Waals surface area contributed by atoms with Gasteiger partial charge in [0.05, 0.1) is 9.37 Å². The first-order chi connectivity index (χ1) is 4.63. The quantitative estimate of drug-likeness (QED) is 0.728.